The van der Waals surface area contributed by atoms with Crippen LogP contribution in [0.2, 0.25) is 0 Å². The Bertz CT molecular complexity index is 1450. The van der Waals surface area contributed by atoms with Gasteiger partial charge >= 0.3 is 0 Å². The van der Waals surface area contributed by atoms with E-state index in [0.717, 1.165) is 0 Å². The SMILES string of the molecule is COc1ccc(P(=O)(/C(=C(\C(=O)c2ccccc2)c2ccccc2)C2(O)CC2)c2ccc(OC)cc2)cc1. The van der Waals surface area contributed by atoms with Gasteiger partial charge in [0.15, 0.2) is 12.9 Å². The van der Waals surface area contributed by atoms with Crippen LogP contribution < -0.4 is 20.1 Å². The predicted molar refractivity (Wildman–Crippen MR) is 151 cm³/mol. The Kier molecular flexibility index (Phi) is 7.07. The zero-order valence-electron chi connectivity index (χ0n) is 21.3. The van der Waals surface area contributed by atoms with Crippen LogP contribution in [0.1, 0.15) is 28.8 Å². The van der Waals surface area contributed by atoms with Crippen LogP contribution in [-0.4, -0.2) is 30.7 Å². The summed E-state index contributed by atoms with van der Waals surface area (Å²) < 4.78 is 26.4. The highest BCUT2D eigenvalue weighted by Crippen LogP contribution is 2.65. The van der Waals surface area contributed by atoms with Gasteiger partial charge in [-0.25, -0.2) is 0 Å². The van der Waals surface area contributed by atoms with Gasteiger partial charge in [0, 0.05) is 27.1 Å². The van der Waals surface area contributed by atoms with Crippen molar-refractivity contribution in [3.05, 3.63) is 126 Å². The third-order valence-electron chi connectivity index (χ3n) is 6.91. The fourth-order valence-corrected chi connectivity index (χ4v) is 8.05. The van der Waals surface area contributed by atoms with E-state index in [2.05, 4.69) is 0 Å². The molecule has 0 saturated heterocycles. The van der Waals surface area contributed by atoms with Gasteiger partial charge in [-0.1, -0.05) is 60.7 Å². The first-order valence-electron chi connectivity index (χ1n) is 12.4. The largest absolute Gasteiger partial charge is 0.497 e. The number of Topliss-reactive ketones (excluding diaryl/α,β-unsaturated/α-hetero) is 1. The molecule has 1 N–H and O–H groups in total. The van der Waals surface area contributed by atoms with E-state index >= 15 is 4.57 Å². The lowest BCUT2D eigenvalue weighted by Crippen LogP contribution is -2.27. The van der Waals surface area contributed by atoms with Crippen molar-refractivity contribution in [3.63, 3.8) is 0 Å². The van der Waals surface area contributed by atoms with Crippen LogP contribution in [0.15, 0.2) is 115 Å². The van der Waals surface area contributed by atoms with Crippen molar-refractivity contribution >= 4 is 29.1 Å². The van der Waals surface area contributed by atoms with Crippen LogP contribution in [0.3, 0.4) is 0 Å². The fourth-order valence-electron chi connectivity index (χ4n) is 4.74. The second kappa shape index (κ2) is 10.4. The summed E-state index contributed by atoms with van der Waals surface area (Å²) in [6, 6.07) is 32.2. The number of ether oxygens (including phenoxy) is 2. The first kappa shape index (κ1) is 25.7. The summed E-state index contributed by atoms with van der Waals surface area (Å²) in [5.74, 6) is 0.957. The summed E-state index contributed by atoms with van der Waals surface area (Å²) in [4.78, 5) is 14.2. The van der Waals surface area contributed by atoms with Gasteiger partial charge in [0.05, 0.1) is 19.8 Å². The number of allylic oxidation sites excluding steroid dienone is 1. The molecule has 5 rings (SSSR count). The average Bonchev–Trinajstić information content (AvgIpc) is 3.73. The molecule has 4 aromatic rings. The summed E-state index contributed by atoms with van der Waals surface area (Å²) in [5.41, 5.74) is -0.0415. The number of ketones is 1. The third kappa shape index (κ3) is 4.71. The molecule has 1 saturated carbocycles. The number of hydrogen-bond donors (Lipinski definition) is 1. The highest BCUT2D eigenvalue weighted by Gasteiger charge is 2.54. The Morgan fingerprint density at radius 3 is 1.50 bits per heavy atom. The first-order valence-corrected chi connectivity index (χ1v) is 14.1. The smallest absolute Gasteiger partial charge is 0.194 e. The summed E-state index contributed by atoms with van der Waals surface area (Å²) in [7, 11) is -0.609. The molecule has 0 unspecified atom stereocenters. The van der Waals surface area contributed by atoms with Gasteiger partial charge in [0.1, 0.15) is 11.5 Å². The monoisotopic (exact) mass is 524 g/mol. The highest BCUT2D eigenvalue weighted by atomic mass is 31.2. The molecule has 192 valence electrons. The summed E-state index contributed by atoms with van der Waals surface area (Å²) in [6.45, 7) is 0. The predicted octanol–water partition coefficient (Wildman–Crippen LogP) is 5.84. The van der Waals surface area contributed by atoms with Crippen molar-refractivity contribution < 1.29 is 23.9 Å². The van der Waals surface area contributed by atoms with Gasteiger partial charge in [0.2, 0.25) is 0 Å². The fraction of sp³-hybridized carbons (Fsp3) is 0.156. The topological polar surface area (TPSA) is 72.8 Å². The van der Waals surface area contributed by atoms with Gasteiger partial charge < -0.3 is 19.1 Å². The Hall–Kier alpha value is -3.92. The molecule has 0 spiro atoms. The molecular formula is C32H29O5P. The quantitative estimate of drug-likeness (QED) is 0.169. The van der Waals surface area contributed by atoms with Crippen molar-refractivity contribution in [2.45, 2.75) is 18.4 Å². The standard InChI is InChI=1S/C32H29O5P/c1-36-25-13-17-27(18-14-25)38(35,28-19-15-26(37-2)16-20-28)31(32(34)21-22-32)29(23-9-5-3-6-10-23)30(33)24-11-7-4-8-12-24/h3-20,34H,21-22H2,1-2H3/b31-29-. The van der Waals surface area contributed by atoms with E-state index in [4.69, 9.17) is 9.47 Å². The minimum atomic E-state index is -3.75. The van der Waals surface area contributed by atoms with E-state index in [0.29, 0.717) is 46.1 Å². The van der Waals surface area contributed by atoms with E-state index in [1.165, 1.54) is 0 Å². The minimum absolute atomic E-state index is 0.264. The number of rotatable bonds is 9. The molecule has 1 aliphatic carbocycles. The molecular weight excluding hydrogens is 495 g/mol. The van der Waals surface area contributed by atoms with Crippen molar-refractivity contribution in [1.29, 1.82) is 0 Å². The zero-order chi connectivity index (χ0) is 26.8. The summed E-state index contributed by atoms with van der Waals surface area (Å²) in [5, 5.41) is 13.1. The normalized spacial score (nSPS) is 14.8. The van der Waals surface area contributed by atoms with Crippen molar-refractivity contribution in [2.24, 2.45) is 0 Å². The lowest BCUT2D eigenvalue weighted by atomic mass is 9.94. The molecule has 4 aromatic carbocycles. The average molecular weight is 525 g/mol. The second-order valence-corrected chi connectivity index (χ2v) is 12.0. The van der Waals surface area contributed by atoms with E-state index in [9.17, 15) is 9.90 Å². The lowest BCUT2D eigenvalue weighted by molar-refractivity contribution is 0.105. The number of carbonyl (C=O) groups excluding carboxylic acids is 1. The van der Waals surface area contributed by atoms with Crippen molar-refractivity contribution in [2.75, 3.05) is 14.2 Å². The van der Waals surface area contributed by atoms with Crippen LogP contribution in [0.25, 0.3) is 5.57 Å². The van der Waals surface area contributed by atoms with Gasteiger partial charge in [-0.05, 0) is 66.9 Å². The van der Waals surface area contributed by atoms with Gasteiger partial charge in [-0.15, -0.1) is 0 Å². The minimum Gasteiger partial charge on any atom is -0.497 e. The number of aliphatic hydroxyl groups is 1. The summed E-state index contributed by atoms with van der Waals surface area (Å²) in [6.07, 6.45) is 0.827. The van der Waals surface area contributed by atoms with Crippen molar-refractivity contribution in [1.82, 2.24) is 0 Å². The maximum absolute atomic E-state index is 15.7. The van der Waals surface area contributed by atoms with Crippen LogP contribution in [0, 0.1) is 0 Å². The molecule has 1 fully saturated rings. The van der Waals surface area contributed by atoms with Crippen molar-refractivity contribution in [3.8, 4) is 11.5 Å². The molecule has 38 heavy (non-hydrogen) atoms. The van der Waals surface area contributed by atoms with E-state index in [-0.39, 0.29) is 16.7 Å². The molecule has 0 aromatic heterocycles. The van der Waals surface area contributed by atoms with E-state index in [1.807, 2.05) is 36.4 Å². The zero-order valence-corrected chi connectivity index (χ0v) is 22.2. The lowest BCUT2D eigenvalue weighted by Gasteiger charge is -2.29. The van der Waals surface area contributed by atoms with Gasteiger partial charge in [-0.3, -0.25) is 4.79 Å². The Morgan fingerprint density at radius 1 is 0.684 bits per heavy atom. The Morgan fingerprint density at radius 2 is 1.11 bits per heavy atom. The van der Waals surface area contributed by atoms with Crippen LogP contribution in [-0.2, 0) is 4.57 Å². The highest BCUT2D eigenvalue weighted by molar-refractivity contribution is 7.82. The molecule has 0 amide bonds. The number of hydrogen-bond acceptors (Lipinski definition) is 5. The van der Waals surface area contributed by atoms with Crippen LogP contribution in [0.5, 0.6) is 11.5 Å². The molecule has 0 heterocycles. The Labute approximate surface area is 222 Å². The second-order valence-electron chi connectivity index (χ2n) is 9.32. The number of benzene rings is 4. The molecule has 0 bridgehead atoms. The summed E-state index contributed by atoms with van der Waals surface area (Å²) >= 11 is 0. The van der Waals surface area contributed by atoms with E-state index in [1.54, 1.807) is 87.0 Å². The molecule has 0 aliphatic heterocycles. The molecule has 0 atom stereocenters. The van der Waals surface area contributed by atoms with E-state index < -0.39 is 12.7 Å². The molecule has 6 heteroatoms. The maximum atomic E-state index is 15.7. The third-order valence-corrected chi connectivity index (χ3v) is 10.2. The molecule has 5 nitrogen and oxygen atoms in total. The van der Waals surface area contributed by atoms with Gasteiger partial charge in [0.25, 0.3) is 0 Å². The first-order chi connectivity index (χ1) is 18.4. The Balaban J connectivity index is 1.88. The van der Waals surface area contributed by atoms with Gasteiger partial charge in [-0.2, -0.15) is 0 Å². The number of carbonyl (C=O) groups is 1. The van der Waals surface area contributed by atoms with Crippen LogP contribution >= 0.6 is 7.14 Å². The molecule has 1 aliphatic rings. The number of methoxy groups -OCH3 is 2. The maximum Gasteiger partial charge on any atom is 0.194 e. The molecule has 0 radical (unpaired) electrons. The van der Waals surface area contributed by atoms with Crippen LogP contribution in [0.4, 0.5) is 0 Å².